The van der Waals surface area contributed by atoms with Crippen LogP contribution in [0.3, 0.4) is 0 Å². The summed E-state index contributed by atoms with van der Waals surface area (Å²) < 4.78 is 0. The maximum atomic E-state index is 12.8. The van der Waals surface area contributed by atoms with Gasteiger partial charge in [0, 0.05) is 18.6 Å². The first kappa shape index (κ1) is 17.4. The van der Waals surface area contributed by atoms with Crippen LogP contribution in [0.5, 0.6) is 0 Å². The lowest BCUT2D eigenvalue weighted by Crippen LogP contribution is -2.37. The van der Waals surface area contributed by atoms with Gasteiger partial charge in [0.05, 0.1) is 0 Å². The van der Waals surface area contributed by atoms with Crippen LogP contribution in [0.15, 0.2) is 42.5 Å². The van der Waals surface area contributed by atoms with Crippen LogP contribution in [0.25, 0.3) is 0 Å². The van der Waals surface area contributed by atoms with E-state index in [9.17, 15) is 4.79 Å². The van der Waals surface area contributed by atoms with Crippen LogP contribution in [0.1, 0.15) is 55.6 Å². The molecule has 5 nitrogen and oxygen atoms in total. The molecule has 3 rings (SSSR count). The van der Waals surface area contributed by atoms with E-state index in [0.29, 0.717) is 18.3 Å². The highest BCUT2D eigenvalue weighted by atomic mass is 16.2. The van der Waals surface area contributed by atoms with E-state index in [1.54, 1.807) is 6.07 Å². The van der Waals surface area contributed by atoms with Gasteiger partial charge in [-0.15, -0.1) is 10.2 Å². The van der Waals surface area contributed by atoms with Gasteiger partial charge in [-0.05, 0) is 44.4 Å². The van der Waals surface area contributed by atoms with Crippen molar-refractivity contribution in [1.29, 1.82) is 0 Å². The standard InChI is InChI=1S/C20H26N4O/c1-15(2)24(14-16-8-4-3-5-9-16)20(25)18-12-13-19(23-22-18)21-17-10-6-7-11-17/h3-5,8-9,12-13,15,17H,6-7,10-11,14H2,1-2H3,(H,21,23). The molecule has 5 heteroatoms. The summed E-state index contributed by atoms with van der Waals surface area (Å²) in [6.45, 7) is 4.61. The first-order valence-electron chi connectivity index (χ1n) is 9.08. The fourth-order valence-electron chi connectivity index (χ4n) is 3.22. The second-order valence-electron chi connectivity index (χ2n) is 6.94. The van der Waals surface area contributed by atoms with Gasteiger partial charge >= 0.3 is 0 Å². The fraction of sp³-hybridized carbons (Fsp3) is 0.450. The summed E-state index contributed by atoms with van der Waals surface area (Å²) in [5, 5.41) is 11.8. The number of rotatable bonds is 6. The van der Waals surface area contributed by atoms with Gasteiger partial charge in [-0.2, -0.15) is 0 Å². The van der Waals surface area contributed by atoms with Gasteiger partial charge in [0.1, 0.15) is 5.82 Å². The van der Waals surface area contributed by atoms with Crippen LogP contribution in [0.4, 0.5) is 5.82 Å². The Morgan fingerprint density at radius 2 is 1.84 bits per heavy atom. The SMILES string of the molecule is CC(C)N(Cc1ccccc1)C(=O)c1ccc(NC2CCCC2)nn1. The van der Waals surface area contributed by atoms with Gasteiger partial charge in [0.15, 0.2) is 5.69 Å². The third-order valence-electron chi connectivity index (χ3n) is 4.67. The summed E-state index contributed by atoms with van der Waals surface area (Å²) in [4.78, 5) is 14.7. The number of benzene rings is 1. The normalized spacial score (nSPS) is 14.7. The summed E-state index contributed by atoms with van der Waals surface area (Å²) >= 11 is 0. The predicted molar refractivity (Wildman–Crippen MR) is 99.4 cm³/mol. The predicted octanol–water partition coefficient (Wildman–Crippen LogP) is 3.88. The minimum absolute atomic E-state index is 0.0845. The third kappa shape index (κ3) is 4.56. The lowest BCUT2D eigenvalue weighted by molar-refractivity contribution is 0.0683. The number of anilines is 1. The molecule has 1 saturated carbocycles. The Balaban J connectivity index is 1.68. The quantitative estimate of drug-likeness (QED) is 0.868. The molecule has 0 saturated heterocycles. The van der Waals surface area contributed by atoms with Crippen LogP contribution in [-0.4, -0.2) is 33.1 Å². The van der Waals surface area contributed by atoms with Crippen molar-refractivity contribution in [3.63, 3.8) is 0 Å². The van der Waals surface area contributed by atoms with E-state index in [1.165, 1.54) is 25.7 Å². The molecule has 1 amide bonds. The molecule has 1 heterocycles. The first-order valence-corrected chi connectivity index (χ1v) is 9.08. The maximum absolute atomic E-state index is 12.8. The average Bonchev–Trinajstić information content (AvgIpc) is 3.13. The topological polar surface area (TPSA) is 58.1 Å². The first-order chi connectivity index (χ1) is 12.1. The van der Waals surface area contributed by atoms with Crippen LogP contribution in [0, 0.1) is 0 Å². The van der Waals surface area contributed by atoms with E-state index in [1.807, 2.05) is 55.1 Å². The van der Waals surface area contributed by atoms with Crippen molar-refractivity contribution in [2.24, 2.45) is 0 Å². The molecule has 1 N–H and O–H groups in total. The molecule has 1 fully saturated rings. The molecule has 0 aliphatic heterocycles. The largest absolute Gasteiger partial charge is 0.366 e. The van der Waals surface area contributed by atoms with Crippen molar-refractivity contribution in [3.05, 3.63) is 53.7 Å². The monoisotopic (exact) mass is 338 g/mol. The Kier molecular flexibility index (Phi) is 5.64. The number of amides is 1. The zero-order valence-corrected chi connectivity index (χ0v) is 15.0. The number of nitrogens with one attached hydrogen (secondary N) is 1. The van der Waals surface area contributed by atoms with E-state index in [4.69, 9.17) is 0 Å². The van der Waals surface area contributed by atoms with Gasteiger partial charge in [0.2, 0.25) is 0 Å². The Morgan fingerprint density at radius 1 is 1.12 bits per heavy atom. The van der Waals surface area contributed by atoms with Gasteiger partial charge in [-0.25, -0.2) is 0 Å². The zero-order chi connectivity index (χ0) is 17.6. The number of nitrogens with zero attached hydrogens (tertiary/aromatic N) is 3. The Labute approximate surface area is 149 Å². The summed E-state index contributed by atoms with van der Waals surface area (Å²) in [6.07, 6.45) is 4.90. The lowest BCUT2D eigenvalue weighted by atomic mass is 10.1. The zero-order valence-electron chi connectivity index (χ0n) is 15.0. The molecule has 1 aliphatic rings. The lowest BCUT2D eigenvalue weighted by Gasteiger charge is -2.26. The number of aromatic nitrogens is 2. The van der Waals surface area contributed by atoms with Crippen molar-refractivity contribution in [2.45, 2.75) is 58.2 Å². The fourth-order valence-corrected chi connectivity index (χ4v) is 3.22. The molecule has 1 aliphatic carbocycles. The van der Waals surface area contributed by atoms with Crippen molar-refractivity contribution < 1.29 is 4.79 Å². The van der Waals surface area contributed by atoms with Gasteiger partial charge in [-0.3, -0.25) is 4.79 Å². The summed E-state index contributed by atoms with van der Waals surface area (Å²) in [7, 11) is 0. The van der Waals surface area contributed by atoms with E-state index in [2.05, 4.69) is 15.5 Å². The van der Waals surface area contributed by atoms with Gasteiger partial charge in [-0.1, -0.05) is 43.2 Å². The van der Waals surface area contributed by atoms with Gasteiger partial charge in [0.25, 0.3) is 5.91 Å². The van der Waals surface area contributed by atoms with E-state index in [-0.39, 0.29) is 11.9 Å². The highest BCUT2D eigenvalue weighted by Crippen LogP contribution is 2.21. The molecular formula is C20H26N4O. The minimum Gasteiger partial charge on any atom is -0.366 e. The van der Waals surface area contributed by atoms with Crippen molar-refractivity contribution >= 4 is 11.7 Å². The Morgan fingerprint density at radius 3 is 2.44 bits per heavy atom. The van der Waals surface area contributed by atoms with Crippen molar-refractivity contribution in [3.8, 4) is 0 Å². The molecule has 0 unspecified atom stereocenters. The third-order valence-corrected chi connectivity index (χ3v) is 4.67. The van der Waals surface area contributed by atoms with Crippen molar-refractivity contribution in [2.75, 3.05) is 5.32 Å². The molecule has 25 heavy (non-hydrogen) atoms. The molecule has 0 bridgehead atoms. The minimum atomic E-state index is -0.0845. The molecule has 132 valence electrons. The van der Waals surface area contributed by atoms with Crippen LogP contribution in [-0.2, 0) is 6.54 Å². The van der Waals surface area contributed by atoms with Crippen molar-refractivity contribution in [1.82, 2.24) is 15.1 Å². The number of hydrogen-bond acceptors (Lipinski definition) is 4. The summed E-state index contributed by atoms with van der Waals surface area (Å²) in [6, 6.07) is 14.2. The highest BCUT2D eigenvalue weighted by molar-refractivity contribution is 5.92. The summed E-state index contributed by atoms with van der Waals surface area (Å²) in [5.74, 6) is 0.668. The average molecular weight is 338 g/mol. The molecule has 0 spiro atoms. The molecule has 1 aromatic heterocycles. The summed E-state index contributed by atoms with van der Waals surface area (Å²) in [5.41, 5.74) is 1.50. The Bertz CT molecular complexity index is 679. The maximum Gasteiger partial charge on any atom is 0.274 e. The number of carbonyl (C=O) groups is 1. The van der Waals surface area contributed by atoms with E-state index < -0.39 is 0 Å². The molecule has 0 atom stereocenters. The Hall–Kier alpha value is -2.43. The van der Waals surface area contributed by atoms with Crippen LogP contribution < -0.4 is 5.32 Å². The van der Waals surface area contributed by atoms with E-state index in [0.717, 1.165) is 11.4 Å². The van der Waals surface area contributed by atoms with Crippen LogP contribution >= 0.6 is 0 Å². The molecule has 1 aromatic carbocycles. The van der Waals surface area contributed by atoms with Crippen LogP contribution in [0.2, 0.25) is 0 Å². The number of carbonyl (C=O) groups excluding carboxylic acids is 1. The second kappa shape index (κ2) is 8.10. The smallest absolute Gasteiger partial charge is 0.274 e. The molecular weight excluding hydrogens is 312 g/mol. The van der Waals surface area contributed by atoms with E-state index >= 15 is 0 Å². The van der Waals surface area contributed by atoms with Gasteiger partial charge < -0.3 is 10.2 Å². The highest BCUT2D eigenvalue weighted by Gasteiger charge is 2.21. The molecule has 2 aromatic rings. The number of hydrogen-bond donors (Lipinski definition) is 1. The second-order valence-corrected chi connectivity index (χ2v) is 6.94. The molecule has 0 radical (unpaired) electrons.